The fourth-order valence-electron chi connectivity index (χ4n) is 3.07. The minimum absolute atomic E-state index is 0.596. The molecule has 0 aliphatic heterocycles. The van der Waals surface area contributed by atoms with E-state index in [4.69, 9.17) is 13.9 Å². The Morgan fingerprint density at radius 2 is 1.00 bits per heavy atom. The van der Waals surface area contributed by atoms with Crippen LogP contribution in [0.4, 0.5) is 0 Å². The standard InChI is InChI=1S/C28H32O3/c1-3-5-7-9-21-29-25-15-11-23(12-16-25)27-19-20-28(31-27)24-13-17-26(18-14-24)30-22-10-8-6-4-2/h7-20H,3-6,21-22H2,1-2H3/b9-7+,10-8+. The van der Waals surface area contributed by atoms with Gasteiger partial charge in [-0.25, -0.2) is 0 Å². The molecule has 0 unspecified atom stereocenters. The molecule has 0 fully saturated rings. The molecule has 31 heavy (non-hydrogen) atoms. The van der Waals surface area contributed by atoms with Crippen LogP contribution in [0.15, 0.2) is 89.4 Å². The summed E-state index contributed by atoms with van der Waals surface area (Å²) in [6.07, 6.45) is 12.9. The van der Waals surface area contributed by atoms with Gasteiger partial charge >= 0.3 is 0 Å². The van der Waals surface area contributed by atoms with Crippen molar-refractivity contribution in [2.45, 2.75) is 39.5 Å². The molecule has 3 aromatic rings. The van der Waals surface area contributed by atoms with Gasteiger partial charge in [-0.3, -0.25) is 0 Å². The molecule has 0 aliphatic carbocycles. The summed E-state index contributed by atoms with van der Waals surface area (Å²) in [5, 5.41) is 0. The lowest BCUT2D eigenvalue weighted by molar-refractivity contribution is 0.362. The predicted molar refractivity (Wildman–Crippen MR) is 129 cm³/mol. The molecule has 1 heterocycles. The number of furan rings is 1. The minimum atomic E-state index is 0.596. The maximum absolute atomic E-state index is 6.08. The highest BCUT2D eigenvalue weighted by molar-refractivity contribution is 5.65. The Balaban J connectivity index is 1.56. The molecule has 0 amide bonds. The number of allylic oxidation sites excluding steroid dienone is 2. The summed E-state index contributed by atoms with van der Waals surface area (Å²) in [7, 11) is 0. The minimum Gasteiger partial charge on any atom is -0.490 e. The smallest absolute Gasteiger partial charge is 0.134 e. The summed E-state index contributed by atoms with van der Waals surface area (Å²) >= 11 is 0. The third kappa shape index (κ3) is 7.21. The van der Waals surface area contributed by atoms with Crippen LogP contribution in [0.3, 0.4) is 0 Å². The van der Waals surface area contributed by atoms with Crippen LogP contribution in [0.1, 0.15) is 39.5 Å². The molecule has 3 nitrogen and oxygen atoms in total. The molecular weight excluding hydrogens is 384 g/mol. The Hall–Kier alpha value is -3.20. The second kappa shape index (κ2) is 12.5. The number of benzene rings is 2. The largest absolute Gasteiger partial charge is 0.490 e. The van der Waals surface area contributed by atoms with Gasteiger partial charge in [0.1, 0.15) is 36.2 Å². The van der Waals surface area contributed by atoms with Crippen LogP contribution in [0, 0.1) is 0 Å². The SMILES string of the molecule is CCC/C=C/COc1ccc(-c2ccc(-c3ccc(OC/C=C/CCC)cc3)o2)cc1. The zero-order valence-electron chi connectivity index (χ0n) is 18.6. The first-order chi connectivity index (χ1) is 15.3. The lowest BCUT2D eigenvalue weighted by atomic mass is 10.1. The summed E-state index contributed by atoms with van der Waals surface area (Å²) in [6, 6.07) is 20.0. The molecule has 0 atom stereocenters. The van der Waals surface area contributed by atoms with Gasteiger partial charge in [-0.15, -0.1) is 0 Å². The van der Waals surface area contributed by atoms with Crippen molar-refractivity contribution in [3.05, 3.63) is 85.0 Å². The Morgan fingerprint density at radius 1 is 0.581 bits per heavy atom. The zero-order valence-corrected chi connectivity index (χ0v) is 18.6. The Morgan fingerprint density at radius 3 is 1.39 bits per heavy atom. The van der Waals surface area contributed by atoms with E-state index >= 15 is 0 Å². The number of ether oxygens (including phenoxy) is 2. The Labute approximate surface area is 186 Å². The third-order valence-corrected chi connectivity index (χ3v) is 4.82. The topological polar surface area (TPSA) is 31.6 Å². The average molecular weight is 417 g/mol. The maximum Gasteiger partial charge on any atom is 0.134 e. The molecular formula is C28H32O3. The van der Waals surface area contributed by atoms with Crippen LogP contribution in [-0.2, 0) is 0 Å². The van der Waals surface area contributed by atoms with Crippen LogP contribution in [-0.4, -0.2) is 13.2 Å². The lowest BCUT2D eigenvalue weighted by Crippen LogP contribution is -1.92. The second-order valence-electron chi connectivity index (χ2n) is 7.35. The van der Waals surface area contributed by atoms with Crippen molar-refractivity contribution in [1.29, 1.82) is 0 Å². The van der Waals surface area contributed by atoms with Gasteiger partial charge in [-0.1, -0.05) is 51.0 Å². The van der Waals surface area contributed by atoms with E-state index in [2.05, 4.69) is 38.2 Å². The van der Waals surface area contributed by atoms with Gasteiger partial charge in [0.05, 0.1) is 0 Å². The normalized spacial score (nSPS) is 11.4. The molecule has 0 spiro atoms. The van der Waals surface area contributed by atoms with E-state index in [0.717, 1.165) is 59.8 Å². The number of hydrogen-bond donors (Lipinski definition) is 0. The molecule has 2 aromatic carbocycles. The molecule has 0 radical (unpaired) electrons. The van der Waals surface area contributed by atoms with Gasteiger partial charge in [0.15, 0.2) is 0 Å². The van der Waals surface area contributed by atoms with E-state index < -0.39 is 0 Å². The maximum atomic E-state index is 6.08. The van der Waals surface area contributed by atoms with Gasteiger partial charge < -0.3 is 13.9 Å². The molecule has 162 valence electrons. The Kier molecular flexibility index (Phi) is 9.06. The van der Waals surface area contributed by atoms with E-state index in [9.17, 15) is 0 Å². The van der Waals surface area contributed by atoms with Crippen molar-refractivity contribution in [2.24, 2.45) is 0 Å². The number of rotatable bonds is 12. The summed E-state index contributed by atoms with van der Waals surface area (Å²) in [5.74, 6) is 3.39. The third-order valence-electron chi connectivity index (χ3n) is 4.82. The quantitative estimate of drug-likeness (QED) is 0.280. The second-order valence-corrected chi connectivity index (χ2v) is 7.35. The zero-order chi connectivity index (χ0) is 21.7. The highest BCUT2D eigenvalue weighted by Gasteiger charge is 2.07. The van der Waals surface area contributed by atoms with Crippen molar-refractivity contribution in [3.8, 4) is 34.1 Å². The lowest BCUT2D eigenvalue weighted by Gasteiger charge is -2.05. The van der Waals surface area contributed by atoms with Gasteiger partial charge in [-0.05, 0) is 73.5 Å². The fraction of sp³-hybridized carbons (Fsp3) is 0.286. The molecule has 1 aromatic heterocycles. The van der Waals surface area contributed by atoms with Crippen molar-refractivity contribution < 1.29 is 13.9 Å². The highest BCUT2D eigenvalue weighted by Crippen LogP contribution is 2.30. The van der Waals surface area contributed by atoms with E-state index in [1.807, 2.05) is 60.7 Å². The van der Waals surface area contributed by atoms with Crippen LogP contribution >= 0.6 is 0 Å². The first-order valence-corrected chi connectivity index (χ1v) is 11.2. The first-order valence-electron chi connectivity index (χ1n) is 11.2. The summed E-state index contributed by atoms with van der Waals surface area (Å²) in [6.45, 7) is 5.53. The van der Waals surface area contributed by atoms with Crippen molar-refractivity contribution in [1.82, 2.24) is 0 Å². The predicted octanol–water partition coefficient (Wildman–Crippen LogP) is 8.08. The van der Waals surface area contributed by atoms with Crippen molar-refractivity contribution >= 4 is 0 Å². The van der Waals surface area contributed by atoms with Gasteiger partial charge in [0.2, 0.25) is 0 Å². The van der Waals surface area contributed by atoms with Crippen LogP contribution in [0.5, 0.6) is 11.5 Å². The molecule has 0 bridgehead atoms. The van der Waals surface area contributed by atoms with E-state index in [1.54, 1.807) is 0 Å². The summed E-state index contributed by atoms with van der Waals surface area (Å²) in [5.41, 5.74) is 2.05. The highest BCUT2D eigenvalue weighted by atomic mass is 16.5. The van der Waals surface area contributed by atoms with Crippen LogP contribution in [0.25, 0.3) is 22.6 Å². The summed E-state index contributed by atoms with van der Waals surface area (Å²) in [4.78, 5) is 0. The Bertz CT molecular complexity index is 869. The van der Waals surface area contributed by atoms with Gasteiger partial charge in [0, 0.05) is 11.1 Å². The van der Waals surface area contributed by atoms with Gasteiger partial charge in [0.25, 0.3) is 0 Å². The molecule has 0 N–H and O–H groups in total. The average Bonchev–Trinajstić information content (AvgIpc) is 3.30. The molecule has 3 rings (SSSR count). The number of hydrogen-bond acceptors (Lipinski definition) is 3. The monoisotopic (exact) mass is 416 g/mol. The molecule has 0 saturated heterocycles. The van der Waals surface area contributed by atoms with E-state index in [1.165, 1.54) is 0 Å². The van der Waals surface area contributed by atoms with Crippen molar-refractivity contribution in [3.63, 3.8) is 0 Å². The van der Waals surface area contributed by atoms with E-state index in [0.29, 0.717) is 13.2 Å². The molecule has 0 aliphatic rings. The van der Waals surface area contributed by atoms with E-state index in [-0.39, 0.29) is 0 Å². The molecule has 0 saturated carbocycles. The van der Waals surface area contributed by atoms with Crippen LogP contribution in [0.2, 0.25) is 0 Å². The number of unbranched alkanes of at least 4 members (excludes halogenated alkanes) is 2. The van der Waals surface area contributed by atoms with Crippen molar-refractivity contribution in [2.75, 3.05) is 13.2 Å². The first kappa shape index (κ1) is 22.5. The van der Waals surface area contributed by atoms with Crippen LogP contribution < -0.4 is 9.47 Å². The van der Waals surface area contributed by atoms with Gasteiger partial charge in [-0.2, -0.15) is 0 Å². The fourth-order valence-corrected chi connectivity index (χ4v) is 3.07. The molecule has 3 heteroatoms. The summed E-state index contributed by atoms with van der Waals surface area (Å²) < 4.78 is 17.6.